The van der Waals surface area contributed by atoms with Gasteiger partial charge in [0.15, 0.2) is 0 Å². The summed E-state index contributed by atoms with van der Waals surface area (Å²) in [6.07, 6.45) is 0.709. The molecule has 0 aliphatic carbocycles. The van der Waals surface area contributed by atoms with E-state index in [2.05, 4.69) is 49.2 Å². The number of benzene rings is 1. The average molecular weight is 230 g/mol. The van der Waals surface area contributed by atoms with Gasteiger partial charge in [0, 0.05) is 24.1 Å². The molecule has 3 nitrogen and oxygen atoms in total. The van der Waals surface area contributed by atoms with Crippen LogP contribution in [0.4, 0.5) is 5.69 Å². The van der Waals surface area contributed by atoms with Gasteiger partial charge >= 0.3 is 0 Å². The van der Waals surface area contributed by atoms with Crippen LogP contribution in [0.5, 0.6) is 0 Å². The van der Waals surface area contributed by atoms with Gasteiger partial charge in [0.1, 0.15) is 6.17 Å². The molecular formula is C14H18N2O. The fourth-order valence-electron chi connectivity index (χ4n) is 3.05. The second kappa shape index (κ2) is 3.25. The molecule has 1 atom stereocenters. The SMILES string of the molecule is Cc1ccc2c(c1)C(C)(C)C1NC(=O)CCN21. The minimum atomic E-state index is -0.0164. The maximum absolute atomic E-state index is 11.6. The zero-order chi connectivity index (χ0) is 12.2. The van der Waals surface area contributed by atoms with Crippen molar-refractivity contribution in [1.29, 1.82) is 0 Å². The molecule has 2 aliphatic heterocycles. The predicted octanol–water partition coefficient (Wildman–Crippen LogP) is 1.94. The summed E-state index contributed by atoms with van der Waals surface area (Å²) < 4.78 is 0. The number of rotatable bonds is 0. The standard InChI is InChI=1S/C14H18N2O/c1-9-4-5-11-10(8-9)14(2,3)13-15-12(17)6-7-16(11)13/h4-5,8,13H,6-7H2,1-3H3,(H,15,17). The van der Waals surface area contributed by atoms with Gasteiger partial charge in [-0.3, -0.25) is 4.79 Å². The van der Waals surface area contributed by atoms with Crippen molar-refractivity contribution in [3.05, 3.63) is 29.3 Å². The number of hydrogen-bond acceptors (Lipinski definition) is 2. The van der Waals surface area contributed by atoms with E-state index in [-0.39, 0.29) is 17.5 Å². The van der Waals surface area contributed by atoms with Gasteiger partial charge in [0.05, 0.1) is 0 Å². The molecular weight excluding hydrogens is 212 g/mol. The Labute approximate surface area is 102 Å². The van der Waals surface area contributed by atoms with E-state index in [4.69, 9.17) is 0 Å². The Morgan fingerprint density at radius 3 is 2.94 bits per heavy atom. The van der Waals surface area contributed by atoms with E-state index in [1.807, 2.05) is 0 Å². The fraction of sp³-hybridized carbons (Fsp3) is 0.500. The molecule has 1 fully saturated rings. The first-order valence-electron chi connectivity index (χ1n) is 6.17. The Bertz CT molecular complexity index is 493. The summed E-state index contributed by atoms with van der Waals surface area (Å²) in [5.41, 5.74) is 3.90. The van der Waals surface area contributed by atoms with Crippen LogP contribution in [0.3, 0.4) is 0 Å². The van der Waals surface area contributed by atoms with Crippen molar-refractivity contribution in [2.24, 2.45) is 0 Å². The van der Waals surface area contributed by atoms with Gasteiger partial charge < -0.3 is 10.2 Å². The molecule has 0 radical (unpaired) electrons. The van der Waals surface area contributed by atoms with Gasteiger partial charge in [-0.1, -0.05) is 31.5 Å². The Hall–Kier alpha value is -1.51. The summed E-state index contributed by atoms with van der Waals surface area (Å²) in [5.74, 6) is 0.170. The van der Waals surface area contributed by atoms with E-state index in [9.17, 15) is 4.79 Å². The van der Waals surface area contributed by atoms with Crippen LogP contribution < -0.4 is 10.2 Å². The Morgan fingerprint density at radius 2 is 2.18 bits per heavy atom. The van der Waals surface area contributed by atoms with Crippen molar-refractivity contribution >= 4 is 11.6 Å². The van der Waals surface area contributed by atoms with Gasteiger partial charge in [0.2, 0.25) is 5.91 Å². The van der Waals surface area contributed by atoms with Crippen molar-refractivity contribution in [2.45, 2.75) is 38.8 Å². The first kappa shape index (κ1) is 10.6. The number of hydrogen-bond donors (Lipinski definition) is 1. The molecule has 17 heavy (non-hydrogen) atoms. The van der Waals surface area contributed by atoms with Crippen molar-refractivity contribution < 1.29 is 4.79 Å². The molecule has 3 rings (SSSR count). The molecule has 0 bridgehead atoms. The van der Waals surface area contributed by atoms with Crippen molar-refractivity contribution in [3.8, 4) is 0 Å². The zero-order valence-electron chi connectivity index (χ0n) is 10.6. The van der Waals surface area contributed by atoms with E-state index >= 15 is 0 Å². The number of anilines is 1. The summed E-state index contributed by atoms with van der Waals surface area (Å²) in [6, 6.07) is 6.58. The number of nitrogens with one attached hydrogen (secondary N) is 1. The van der Waals surface area contributed by atoms with Gasteiger partial charge in [0.25, 0.3) is 0 Å². The average Bonchev–Trinajstić information content (AvgIpc) is 2.49. The molecule has 90 valence electrons. The van der Waals surface area contributed by atoms with Gasteiger partial charge in [-0.25, -0.2) is 0 Å². The molecule has 2 heterocycles. The minimum absolute atomic E-state index is 0.0164. The summed E-state index contributed by atoms with van der Waals surface area (Å²) in [5, 5.41) is 3.12. The first-order valence-corrected chi connectivity index (χ1v) is 6.17. The van der Waals surface area contributed by atoms with Crippen LogP contribution in [0.2, 0.25) is 0 Å². The Kier molecular flexibility index (Phi) is 2.03. The lowest BCUT2D eigenvalue weighted by Crippen LogP contribution is -2.58. The lowest BCUT2D eigenvalue weighted by Gasteiger charge is -2.38. The van der Waals surface area contributed by atoms with E-state index < -0.39 is 0 Å². The summed E-state index contributed by atoms with van der Waals surface area (Å²) in [4.78, 5) is 13.9. The molecule has 1 unspecified atom stereocenters. The number of nitrogens with zero attached hydrogens (tertiary/aromatic N) is 1. The monoisotopic (exact) mass is 230 g/mol. The maximum Gasteiger partial charge on any atom is 0.223 e. The number of amides is 1. The molecule has 0 spiro atoms. The zero-order valence-corrected chi connectivity index (χ0v) is 10.6. The number of aryl methyl sites for hydroxylation is 1. The smallest absolute Gasteiger partial charge is 0.223 e. The fourth-order valence-corrected chi connectivity index (χ4v) is 3.05. The quantitative estimate of drug-likeness (QED) is 0.738. The van der Waals surface area contributed by atoms with Gasteiger partial charge in [-0.05, 0) is 18.6 Å². The van der Waals surface area contributed by atoms with Crippen molar-refractivity contribution in [1.82, 2.24) is 5.32 Å². The van der Waals surface area contributed by atoms with E-state index in [0.717, 1.165) is 6.54 Å². The van der Waals surface area contributed by atoms with Crippen LogP contribution in [0.25, 0.3) is 0 Å². The van der Waals surface area contributed by atoms with Crippen LogP contribution in [0, 0.1) is 6.92 Å². The molecule has 1 N–H and O–H groups in total. The largest absolute Gasteiger partial charge is 0.350 e. The molecule has 2 aliphatic rings. The van der Waals surface area contributed by atoms with Crippen LogP contribution in [0.15, 0.2) is 18.2 Å². The minimum Gasteiger partial charge on any atom is -0.350 e. The van der Waals surface area contributed by atoms with Gasteiger partial charge in [-0.15, -0.1) is 0 Å². The third-order valence-corrected chi connectivity index (χ3v) is 4.03. The normalized spacial score (nSPS) is 25.2. The van der Waals surface area contributed by atoms with E-state index in [1.165, 1.54) is 16.8 Å². The third-order valence-electron chi connectivity index (χ3n) is 4.03. The van der Waals surface area contributed by atoms with Crippen LogP contribution >= 0.6 is 0 Å². The summed E-state index contributed by atoms with van der Waals surface area (Å²) >= 11 is 0. The van der Waals surface area contributed by atoms with Crippen molar-refractivity contribution in [3.63, 3.8) is 0 Å². The lowest BCUT2D eigenvalue weighted by atomic mass is 9.83. The van der Waals surface area contributed by atoms with Gasteiger partial charge in [-0.2, -0.15) is 0 Å². The molecule has 0 saturated carbocycles. The molecule has 0 aromatic heterocycles. The lowest BCUT2D eigenvalue weighted by molar-refractivity contribution is -0.123. The highest BCUT2D eigenvalue weighted by molar-refractivity contribution is 5.81. The number of carbonyl (C=O) groups excluding carboxylic acids is 1. The highest BCUT2D eigenvalue weighted by Crippen LogP contribution is 2.45. The van der Waals surface area contributed by atoms with Crippen LogP contribution in [-0.4, -0.2) is 18.6 Å². The topological polar surface area (TPSA) is 32.3 Å². The first-order chi connectivity index (χ1) is 8.00. The Morgan fingerprint density at radius 1 is 1.41 bits per heavy atom. The van der Waals surface area contributed by atoms with Crippen LogP contribution in [-0.2, 0) is 10.2 Å². The molecule has 1 aromatic rings. The second-order valence-electron chi connectivity index (χ2n) is 5.66. The maximum atomic E-state index is 11.6. The molecule has 3 heteroatoms. The van der Waals surface area contributed by atoms with E-state index in [1.54, 1.807) is 0 Å². The number of fused-ring (bicyclic) bond motifs is 3. The highest BCUT2D eigenvalue weighted by atomic mass is 16.2. The third kappa shape index (κ3) is 1.38. The predicted molar refractivity (Wildman–Crippen MR) is 68.1 cm³/mol. The Balaban J connectivity index is 2.13. The van der Waals surface area contributed by atoms with E-state index in [0.29, 0.717) is 6.42 Å². The molecule has 1 amide bonds. The van der Waals surface area contributed by atoms with Crippen molar-refractivity contribution in [2.75, 3.05) is 11.4 Å². The molecule has 1 saturated heterocycles. The summed E-state index contributed by atoms with van der Waals surface area (Å²) in [6.45, 7) is 7.37. The highest BCUT2D eigenvalue weighted by Gasteiger charge is 2.46. The number of carbonyl (C=O) groups is 1. The second-order valence-corrected chi connectivity index (χ2v) is 5.66. The summed E-state index contributed by atoms with van der Waals surface area (Å²) in [7, 11) is 0. The van der Waals surface area contributed by atoms with Crippen LogP contribution in [0.1, 0.15) is 31.4 Å². The molecule has 1 aromatic carbocycles.